The molecule has 1 aliphatic carbocycles. The Balaban J connectivity index is 2.12. The minimum Gasteiger partial charge on any atom is -0.393 e. The summed E-state index contributed by atoms with van der Waals surface area (Å²) in [5.74, 6) is 0.520. The predicted octanol–water partition coefficient (Wildman–Crippen LogP) is 2.31. The summed E-state index contributed by atoms with van der Waals surface area (Å²) in [6.45, 7) is 1.80. The van der Waals surface area contributed by atoms with Gasteiger partial charge in [-0.25, -0.2) is 4.39 Å². The van der Waals surface area contributed by atoms with Crippen molar-refractivity contribution in [2.75, 3.05) is 0 Å². The molecule has 1 aliphatic rings. The number of benzene rings is 1. The van der Waals surface area contributed by atoms with Crippen LogP contribution in [-0.2, 0) is 0 Å². The Morgan fingerprint density at radius 3 is 2.85 bits per heavy atom. The molecule has 3 atom stereocenters. The van der Waals surface area contributed by atoms with E-state index in [9.17, 15) is 9.50 Å². The Morgan fingerprint density at radius 1 is 1.54 bits per heavy atom. The molecule has 2 rings (SSSR count). The normalized spacial score (nSPS) is 28.5. The van der Waals surface area contributed by atoms with Crippen LogP contribution in [-0.4, -0.2) is 11.2 Å². The molecule has 0 aromatic heterocycles. The first-order chi connectivity index (χ1) is 6.18. The van der Waals surface area contributed by atoms with Crippen LogP contribution in [0.3, 0.4) is 0 Å². The van der Waals surface area contributed by atoms with Crippen molar-refractivity contribution in [1.82, 2.24) is 0 Å². The molecule has 0 radical (unpaired) electrons. The third kappa shape index (κ3) is 1.73. The zero-order chi connectivity index (χ0) is 9.42. The first-order valence-corrected chi connectivity index (χ1v) is 4.62. The summed E-state index contributed by atoms with van der Waals surface area (Å²) in [6, 6.07) is 6.66. The van der Waals surface area contributed by atoms with Crippen molar-refractivity contribution in [3.63, 3.8) is 0 Å². The van der Waals surface area contributed by atoms with Gasteiger partial charge in [-0.3, -0.25) is 0 Å². The summed E-state index contributed by atoms with van der Waals surface area (Å²) in [4.78, 5) is 0. The van der Waals surface area contributed by atoms with Gasteiger partial charge in [0, 0.05) is 0 Å². The maximum absolute atomic E-state index is 12.8. The molecule has 70 valence electrons. The lowest BCUT2D eigenvalue weighted by molar-refractivity contribution is 0.169. The Hall–Kier alpha value is -0.890. The third-order valence-electron chi connectivity index (χ3n) is 2.74. The molecule has 0 unspecified atom stereocenters. The Bertz CT molecular complexity index is 309. The number of aliphatic hydroxyl groups is 1. The average molecular weight is 180 g/mol. The second-order valence-electron chi connectivity index (χ2n) is 3.80. The summed E-state index contributed by atoms with van der Waals surface area (Å²) >= 11 is 0. The lowest BCUT2D eigenvalue weighted by Gasteiger charge is -2.02. The number of halogens is 1. The van der Waals surface area contributed by atoms with Gasteiger partial charge < -0.3 is 5.11 Å². The highest BCUT2D eigenvalue weighted by Crippen LogP contribution is 2.49. The second-order valence-corrected chi connectivity index (χ2v) is 3.80. The molecule has 1 fully saturated rings. The van der Waals surface area contributed by atoms with Gasteiger partial charge in [0.15, 0.2) is 0 Å². The van der Waals surface area contributed by atoms with E-state index in [-0.39, 0.29) is 11.9 Å². The van der Waals surface area contributed by atoms with E-state index >= 15 is 0 Å². The van der Waals surface area contributed by atoms with Gasteiger partial charge in [0.25, 0.3) is 0 Å². The number of aliphatic hydroxyl groups excluding tert-OH is 1. The van der Waals surface area contributed by atoms with Gasteiger partial charge in [0.2, 0.25) is 0 Å². The topological polar surface area (TPSA) is 20.2 Å². The fraction of sp³-hybridized carbons (Fsp3) is 0.455. The van der Waals surface area contributed by atoms with Crippen LogP contribution in [0.15, 0.2) is 24.3 Å². The summed E-state index contributed by atoms with van der Waals surface area (Å²) in [7, 11) is 0. The molecule has 1 aromatic carbocycles. The van der Waals surface area contributed by atoms with Gasteiger partial charge in [-0.05, 0) is 42.9 Å². The second kappa shape index (κ2) is 3.11. The van der Waals surface area contributed by atoms with Crippen molar-refractivity contribution in [3.8, 4) is 0 Å². The molecule has 0 aliphatic heterocycles. The molecular formula is C11H13FO. The standard InChI is InChI=1S/C11H13FO/c1-7(13)10-6-11(10)8-3-2-4-9(12)5-8/h2-5,7,10-11,13H,6H2,1H3/t7-,10-,11-/m0/s1. The molecule has 13 heavy (non-hydrogen) atoms. The van der Waals surface area contributed by atoms with E-state index in [1.54, 1.807) is 19.1 Å². The van der Waals surface area contributed by atoms with Crippen LogP contribution in [0, 0.1) is 11.7 Å². The van der Waals surface area contributed by atoms with Gasteiger partial charge in [-0.15, -0.1) is 0 Å². The van der Waals surface area contributed by atoms with E-state index in [4.69, 9.17) is 0 Å². The number of hydrogen-bond donors (Lipinski definition) is 1. The van der Waals surface area contributed by atoms with Crippen LogP contribution < -0.4 is 0 Å². The van der Waals surface area contributed by atoms with E-state index in [1.807, 2.05) is 6.07 Å². The zero-order valence-electron chi connectivity index (χ0n) is 7.57. The average Bonchev–Trinajstić information content (AvgIpc) is 2.82. The minimum atomic E-state index is -0.270. The van der Waals surface area contributed by atoms with Gasteiger partial charge >= 0.3 is 0 Å². The van der Waals surface area contributed by atoms with Gasteiger partial charge in [-0.2, -0.15) is 0 Å². The molecule has 0 heterocycles. The Kier molecular flexibility index (Phi) is 2.08. The van der Waals surface area contributed by atoms with Crippen molar-refractivity contribution in [1.29, 1.82) is 0 Å². The van der Waals surface area contributed by atoms with Gasteiger partial charge in [-0.1, -0.05) is 12.1 Å². The fourth-order valence-electron chi connectivity index (χ4n) is 1.87. The molecule has 0 bridgehead atoms. The predicted molar refractivity (Wildman–Crippen MR) is 48.9 cm³/mol. The van der Waals surface area contributed by atoms with E-state index in [1.165, 1.54) is 6.07 Å². The van der Waals surface area contributed by atoms with Crippen LogP contribution in [0.2, 0.25) is 0 Å². The van der Waals surface area contributed by atoms with E-state index in [0.29, 0.717) is 11.8 Å². The van der Waals surface area contributed by atoms with Crippen molar-refractivity contribution < 1.29 is 9.50 Å². The van der Waals surface area contributed by atoms with E-state index < -0.39 is 0 Å². The smallest absolute Gasteiger partial charge is 0.123 e. The maximum atomic E-state index is 12.8. The third-order valence-corrected chi connectivity index (χ3v) is 2.74. The van der Waals surface area contributed by atoms with Crippen LogP contribution in [0.1, 0.15) is 24.8 Å². The molecule has 0 saturated heterocycles. The highest BCUT2D eigenvalue weighted by molar-refractivity contribution is 5.26. The minimum absolute atomic E-state index is 0.186. The number of rotatable bonds is 2. The first-order valence-electron chi connectivity index (χ1n) is 4.62. The monoisotopic (exact) mass is 180 g/mol. The van der Waals surface area contributed by atoms with Crippen molar-refractivity contribution in [2.24, 2.45) is 5.92 Å². The highest BCUT2D eigenvalue weighted by Gasteiger charge is 2.41. The summed E-state index contributed by atoms with van der Waals surface area (Å²) in [5, 5.41) is 9.30. The van der Waals surface area contributed by atoms with E-state index in [2.05, 4.69) is 0 Å². The van der Waals surface area contributed by atoms with Crippen molar-refractivity contribution >= 4 is 0 Å². The van der Waals surface area contributed by atoms with E-state index in [0.717, 1.165) is 12.0 Å². The SMILES string of the molecule is C[C@H](O)[C@@H]1C[C@H]1c1cccc(F)c1. The summed E-state index contributed by atoms with van der Waals surface area (Å²) < 4.78 is 12.8. The first kappa shape index (κ1) is 8.70. The van der Waals surface area contributed by atoms with Crippen LogP contribution in [0.25, 0.3) is 0 Å². The summed E-state index contributed by atoms with van der Waals surface area (Å²) in [6.07, 6.45) is 0.717. The maximum Gasteiger partial charge on any atom is 0.123 e. The Morgan fingerprint density at radius 2 is 2.31 bits per heavy atom. The molecule has 2 heteroatoms. The zero-order valence-corrected chi connectivity index (χ0v) is 7.57. The highest BCUT2D eigenvalue weighted by atomic mass is 19.1. The lowest BCUT2D eigenvalue weighted by Crippen LogP contribution is -2.03. The van der Waals surface area contributed by atoms with Crippen molar-refractivity contribution in [2.45, 2.75) is 25.4 Å². The molecule has 1 saturated carbocycles. The molecular weight excluding hydrogens is 167 g/mol. The van der Waals surface area contributed by atoms with Crippen molar-refractivity contribution in [3.05, 3.63) is 35.6 Å². The van der Waals surface area contributed by atoms with Crippen LogP contribution in [0.5, 0.6) is 0 Å². The quantitative estimate of drug-likeness (QED) is 0.740. The fourth-order valence-corrected chi connectivity index (χ4v) is 1.87. The molecule has 0 spiro atoms. The summed E-state index contributed by atoms with van der Waals surface area (Å²) in [5.41, 5.74) is 1.02. The van der Waals surface area contributed by atoms with Crippen LogP contribution >= 0.6 is 0 Å². The molecule has 0 amide bonds. The van der Waals surface area contributed by atoms with Crippen LogP contribution in [0.4, 0.5) is 4.39 Å². The lowest BCUT2D eigenvalue weighted by atomic mass is 10.1. The molecule has 1 aromatic rings. The molecule has 1 nitrogen and oxygen atoms in total. The Labute approximate surface area is 77.2 Å². The molecule has 1 N–H and O–H groups in total. The largest absolute Gasteiger partial charge is 0.393 e. The number of hydrogen-bond acceptors (Lipinski definition) is 1. The van der Waals surface area contributed by atoms with Gasteiger partial charge in [0.05, 0.1) is 6.10 Å². The van der Waals surface area contributed by atoms with Gasteiger partial charge in [0.1, 0.15) is 5.82 Å².